The normalized spacial score (nSPS) is 18.5. The summed E-state index contributed by atoms with van der Waals surface area (Å²) in [6.07, 6.45) is 3.28. The molecule has 2 fully saturated rings. The van der Waals surface area contributed by atoms with Crippen molar-refractivity contribution in [3.8, 4) is 11.5 Å². The van der Waals surface area contributed by atoms with Crippen LogP contribution in [-0.4, -0.2) is 70.2 Å². The van der Waals surface area contributed by atoms with E-state index < -0.39 is 0 Å². The second-order valence-corrected chi connectivity index (χ2v) is 6.88. The lowest BCUT2D eigenvalue weighted by molar-refractivity contribution is 0.0411. The third-order valence-corrected chi connectivity index (χ3v) is 5.13. The van der Waals surface area contributed by atoms with Crippen LogP contribution >= 0.6 is 0 Å². The highest BCUT2D eigenvalue weighted by atomic mass is 16.5. The Hall–Kier alpha value is -2.74. The number of hydrogen-bond donors (Lipinski definition) is 1. The Labute approximate surface area is 157 Å². The summed E-state index contributed by atoms with van der Waals surface area (Å²) in [5.41, 5.74) is 1.25. The van der Waals surface area contributed by atoms with E-state index in [0.717, 1.165) is 18.5 Å². The number of ether oxygens (including phenoxy) is 1. The van der Waals surface area contributed by atoms with Crippen molar-refractivity contribution in [3.63, 3.8) is 0 Å². The minimum absolute atomic E-state index is 0.0878. The molecule has 2 saturated heterocycles. The molecule has 2 amide bonds. The van der Waals surface area contributed by atoms with Crippen molar-refractivity contribution < 1.29 is 9.53 Å². The Kier molecular flexibility index (Phi) is 5.15. The highest BCUT2D eigenvalue weighted by Crippen LogP contribution is 2.27. The summed E-state index contributed by atoms with van der Waals surface area (Å²) >= 11 is 0. The van der Waals surface area contributed by atoms with Gasteiger partial charge in [-0.1, -0.05) is 6.07 Å². The van der Waals surface area contributed by atoms with Gasteiger partial charge in [-0.05, 0) is 25.0 Å². The van der Waals surface area contributed by atoms with E-state index in [9.17, 15) is 9.59 Å². The molecule has 2 aromatic heterocycles. The number of morpholine rings is 1. The average Bonchev–Trinajstić information content (AvgIpc) is 2.74. The van der Waals surface area contributed by atoms with E-state index in [0.29, 0.717) is 50.9 Å². The van der Waals surface area contributed by atoms with Crippen molar-refractivity contribution in [1.82, 2.24) is 24.8 Å². The quantitative estimate of drug-likeness (QED) is 0.865. The van der Waals surface area contributed by atoms with E-state index >= 15 is 0 Å². The predicted molar refractivity (Wildman–Crippen MR) is 99.4 cm³/mol. The molecule has 2 aromatic rings. The van der Waals surface area contributed by atoms with Crippen molar-refractivity contribution in [3.05, 3.63) is 46.5 Å². The molecular weight excluding hydrogens is 346 g/mol. The van der Waals surface area contributed by atoms with Gasteiger partial charge >= 0.3 is 6.03 Å². The number of amides is 2. The first-order valence-electron chi connectivity index (χ1n) is 9.35. The Morgan fingerprint density at radius 3 is 2.56 bits per heavy atom. The van der Waals surface area contributed by atoms with Crippen LogP contribution in [0.1, 0.15) is 24.5 Å². The number of likely N-dealkylation sites (tertiary alicyclic amines) is 1. The van der Waals surface area contributed by atoms with Crippen LogP contribution in [0.15, 0.2) is 35.3 Å². The van der Waals surface area contributed by atoms with Gasteiger partial charge in [-0.25, -0.2) is 9.78 Å². The molecule has 0 unspecified atom stereocenters. The number of nitrogens with one attached hydrogen (secondary N) is 1. The number of carbonyl (C=O) groups excluding carboxylic acids is 1. The van der Waals surface area contributed by atoms with Crippen molar-refractivity contribution >= 4 is 6.03 Å². The van der Waals surface area contributed by atoms with Crippen LogP contribution in [0.5, 0.6) is 0 Å². The summed E-state index contributed by atoms with van der Waals surface area (Å²) in [6, 6.07) is 7.17. The number of aromatic nitrogens is 3. The number of rotatable bonds is 2. The van der Waals surface area contributed by atoms with Gasteiger partial charge in [0.05, 0.1) is 18.9 Å². The maximum Gasteiger partial charge on any atom is 0.320 e. The summed E-state index contributed by atoms with van der Waals surface area (Å²) in [5.74, 6) is 0.661. The Morgan fingerprint density at radius 2 is 1.85 bits per heavy atom. The third kappa shape index (κ3) is 4.00. The molecular formula is C19H23N5O3. The van der Waals surface area contributed by atoms with Crippen LogP contribution in [0.2, 0.25) is 0 Å². The first kappa shape index (κ1) is 17.7. The van der Waals surface area contributed by atoms with Gasteiger partial charge in [0.15, 0.2) is 5.82 Å². The Bertz CT molecular complexity index is 840. The second-order valence-electron chi connectivity index (χ2n) is 6.88. The fourth-order valence-corrected chi connectivity index (χ4v) is 3.63. The summed E-state index contributed by atoms with van der Waals surface area (Å²) < 4.78 is 5.31. The molecule has 0 radical (unpaired) electrons. The predicted octanol–water partition coefficient (Wildman–Crippen LogP) is 1.46. The number of pyridine rings is 1. The molecule has 142 valence electrons. The molecule has 8 heteroatoms. The van der Waals surface area contributed by atoms with Crippen molar-refractivity contribution in [1.29, 1.82) is 0 Å². The number of urea groups is 1. The lowest BCUT2D eigenvalue weighted by Crippen LogP contribution is -2.50. The van der Waals surface area contributed by atoms with E-state index in [1.807, 2.05) is 28.0 Å². The molecule has 4 rings (SSSR count). The van der Waals surface area contributed by atoms with Crippen molar-refractivity contribution in [2.75, 3.05) is 39.4 Å². The second kappa shape index (κ2) is 7.87. The molecule has 27 heavy (non-hydrogen) atoms. The van der Waals surface area contributed by atoms with Crippen LogP contribution in [0.25, 0.3) is 11.5 Å². The molecule has 2 aliphatic heterocycles. The number of H-pyrrole nitrogens is 1. The zero-order valence-corrected chi connectivity index (χ0v) is 15.1. The Balaban J connectivity index is 1.44. The summed E-state index contributed by atoms with van der Waals surface area (Å²) in [4.78, 5) is 40.1. The first-order valence-corrected chi connectivity index (χ1v) is 9.35. The van der Waals surface area contributed by atoms with Gasteiger partial charge in [0.2, 0.25) is 0 Å². The molecule has 8 nitrogen and oxygen atoms in total. The molecule has 0 aromatic carbocycles. The highest BCUT2D eigenvalue weighted by molar-refractivity contribution is 5.74. The van der Waals surface area contributed by atoms with Crippen LogP contribution in [0.4, 0.5) is 4.79 Å². The van der Waals surface area contributed by atoms with Crippen LogP contribution in [0, 0.1) is 0 Å². The number of piperidine rings is 1. The van der Waals surface area contributed by atoms with Gasteiger partial charge in [-0.3, -0.25) is 9.78 Å². The standard InChI is InChI=1S/C19H23N5O3/c25-17-13-16(21-18(22-17)15-3-1-2-6-20-15)14-4-7-23(8-5-14)19(26)24-9-11-27-12-10-24/h1-3,6,13-14H,4-5,7-12H2,(H,21,22,25). The molecule has 0 saturated carbocycles. The van der Waals surface area contributed by atoms with Crippen LogP contribution in [-0.2, 0) is 4.74 Å². The monoisotopic (exact) mass is 369 g/mol. The lowest BCUT2D eigenvalue weighted by Gasteiger charge is -2.37. The Morgan fingerprint density at radius 1 is 1.11 bits per heavy atom. The number of hydrogen-bond acceptors (Lipinski definition) is 5. The van der Waals surface area contributed by atoms with Gasteiger partial charge in [-0.15, -0.1) is 0 Å². The lowest BCUT2D eigenvalue weighted by atomic mass is 9.93. The van der Waals surface area contributed by atoms with Gasteiger partial charge in [0, 0.05) is 44.4 Å². The summed E-state index contributed by atoms with van der Waals surface area (Å²) in [6.45, 7) is 3.87. The first-order chi connectivity index (χ1) is 13.2. The maximum absolute atomic E-state index is 12.6. The van der Waals surface area contributed by atoms with Gasteiger partial charge in [-0.2, -0.15) is 0 Å². The van der Waals surface area contributed by atoms with E-state index in [-0.39, 0.29) is 17.5 Å². The van der Waals surface area contributed by atoms with Crippen LogP contribution in [0.3, 0.4) is 0 Å². The van der Waals surface area contributed by atoms with E-state index in [1.54, 1.807) is 12.3 Å². The van der Waals surface area contributed by atoms with Crippen LogP contribution < -0.4 is 5.56 Å². The average molecular weight is 369 g/mol. The molecule has 2 aliphatic rings. The topological polar surface area (TPSA) is 91.4 Å². The van der Waals surface area contributed by atoms with Gasteiger partial charge in [0.1, 0.15) is 5.69 Å². The number of aromatic amines is 1. The molecule has 1 N–H and O–H groups in total. The molecule has 0 atom stereocenters. The van der Waals surface area contributed by atoms with E-state index in [4.69, 9.17) is 4.74 Å². The van der Waals surface area contributed by atoms with E-state index in [2.05, 4.69) is 15.0 Å². The zero-order chi connectivity index (χ0) is 18.6. The highest BCUT2D eigenvalue weighted by Gasteiger charge is 2.28. The number of carbonyl (C=O) groups is 1. The van der Waals surface area contributed by atoms with Crippen molar-refractivity contribution in [2.45, 2.75) is 18.8 Å². The smallest absolute Gasteiger partial charge is 0.320 e. The van der Waals surface area contributed by atoms with E-state index in [1.165, 1.54) is 0 Å². The fourth-order valence-electron chi connectivity index (χ4n) is 3.63. The number of nitrogens with zero attached hydrogens (tertiary/aromatic N) is 4. The largest absolute Gasteiger partial charge is 0.378 e. The minimum Gasteiger partial charge on any atom is -0.378 e. The molecule has 0 spiro atoms. The maximum atomic E-state index is 12.6. The van der Waals surface area contributed by atoms with Gasteiger partial charge in [0.25, 0.3) is 5.56 Å². The zero-order valence-electron chi connectivity index (χ0n) is 15.1. The van der Waals surface area contributed by atoms with Gasteiger partial charge < -0.3 is 19.5 Å². The summed E-state index contributed by atoms with van der Waals surface area (Å²) in [7, 11) is 0. The molecule has 4 heterocycles. The fraction of sp³-hybridized carbons (Fsp3) is 0.474. The minimum atomic E-state index is -0.174. The third-order valence-electron chi connectivity index (χ3n) is 5.13. The SMILES string of the molecule is O=C(N1CCOCC1)N1CCC(c2cc(=O)[nH]c(-c3ccccn3)n2)CC1. The molecule has 0 bridgehead atoms. The molecule has 0 aliphatic carbocycles. The summed E-state index contributed by atoms with van der Waals surface area (Å²) in [5, 5.41) is 0. The van der Waals surface area contributed by atoms with Crippen molar-refractivity contribution in [2.24, 2.45) is 0 Å².